The summed E-state index contributed by atoms with van der Waals surface area (Å²) in [5, 5.41) is 2.98. The van der Waals surface area contributed by atoms with Crippen molar-refractivity contribution in [3.63, 3.8) is 0 Å². The Morgan fingerprint density at radius 1 is 1.09 bits per heavy atom. The first-order valence-corrected chi connectivity index (χ1v) is 8.43. The SMILES string of the molecule is NCC1(NC(=O)CN2C(=O)C3CCCCC3C2=O)CCCC1. The zero-order valence-corrected chi connectivity index (χ0v) is 13.0. The Bertz CT molecular complexity index is 461. The molecule has 2 unspecified atom stereocenters. The van der Waals surface area contributed by atoms with Gasteiger partial charge in [0.25, 0.3) is 0 Å². The Balaban J connectivity index is 1.64. The van der Waals surface area contributed by atoms with E-state index in [-0.39, 0.29) is 41.6 Å². The lowest BCUT2D eigenvalue weighted by atomic mass is 9.81. The maximum atomic E-state index is 12.4. The van der Waals surface area contributed by atoms with Crippen LogP contribution in [0.25, 0.3) is 0 Å². The minimum absolute atomic E-state index is 0.146. The van der Waals surface area contributed by atoms with E-state index in [4.69, 9.17) is 5.73 Å². The Morgan fingerprint density at radius 3 is 2.14 bits per heavy atom. The van der Waals surface area contributed by atoms with Crippen LogP contribution < -0.4 is 11.1 Å². The van der Waals surface area contributed by atoms with E-state index in [1.807, 2.05) is 0 Å². The molecule has 6 nitrogen and oxygen atoms in total. The summed E-state index contributed by atoms with van der Waals surface area (Å²) >= 11 is 0. The van der Waals surface area contributed by atoms with Crippen molar-refractivity contribution in [2.24, 2.45) is 17.6 Å². The van der Waals surface area contributed by atoms with E-state index in [0.29, 0.717) is 6.54 Å². The Labute approximate surface area is 130 Å². The number of nitrogens with zero attached hydrogens (tertiary/aromatic N) is 1. The molecule has 2 atom stereocenters. The van der Waals surface area contributed by atoms with Crippen molar-refractivity contribution >= 4 is 17.7 Å². The van der Waals surface area contributed by atoms with Gasteiger partial charge in [0.2, 0.25) is 17.7 Å². The van der Waals surface area contributed by atoms with Crippen molar-refractivity contribution in [3.8, 4) is 0 Å². The Hall–Kier alpha value is -1.43. The summed E-state index contributed by atoms with van der Waals surface area (Å²) in [5.74, 6) is -0.947. The summed E-state index contributed by atoms with van der Waals surface area (Å²) in [6, 6.07) is 0. The lowest BCUT2D eigenvalue weighted by Crippen LogP contribution is -2.54. The number of amides is 3. The van der Waals surface area contributed by atoms with Crippen LogP contribution in [0.5, 0.6) is 0 Å². The van der Waals surface area contributed by atoms with Crippen LogP contribution in [0.3, 0.4) is 0 Å². The first kappa shape index (κ1) is 15.5. The maximum Gasteiger partial charge on any atom is 0.240 e. The van der Waals surface area contributed by atoms with Crippen LogP contribution in [-0.4, -0.2) is 41.2 Å². The van der Waals surface area contributed by atoms with E-state index in [0.717, 1.165) is 51.4 Å². The monoisotopic (exact) mass is 307 g/mol. The lowest BCUT2D eigenvalue weighted by molar-refractivity contribution is -0.144. The molecule has 3 amide bonds. The number of hydrogen-bond acceptors (Lipinski definition) is 4. The lowest BCUT2D eigenvalue weighted by Gasteiger charge is -2.29. The standard InChI is InChI=1S/C16H25N3O3/c17-10-16(7-3-4-8-16)18-13(20)9-19-14(21)11-5-1-2-6-12(11)15(19)22/h11-12H,1-10,17H2,(H,18,20). The van der Waals surface area contributed by atoms with Gasteiger partial charge in [0.15, 0.2) is 0 Å². The van der Waals surface area contributed by atoms with Gasteiger partial charge in [-0.05, 0) is 25.7 Å². The fraction of sp³-hybridized carbons (Fsp3) is 0.812. The predicted octanol–water partition coefficient (Wildman–Crippen LogP) is 0.549. The first-order chi connectivity index (χ1) is 10.6. The van der Waals surface area contributed by atoms with Gasteiger partial charge in [-0.15, -0.1) is 0 Å². The molecule has 0 bridgehead atoms. The molecule has 3 aliphatic rings. The van der Waals surface area contributed by atoms with Gasteiger partial charge >= 0.3 is 0 Å². The van der Waals surface area contributed by atoms with E-state index in [1.165, 1.54) is 4.90 Å². The minimum Gasteiger partial charge on any atom is -0.348 e. The van der Waals surface area contributed by atoms with Crippen molar-refractivity contribution in [1.82, 2.24) is 10.2 Å². The molecule has 3 N–H and O–H groups in total. The van der Waals surface area contributed by atoms with Crippen molar-refractivity contribution < 1.29 is 14.4 Å². The fourth-order valence-corrected chi connectivity index (χ4v) is 4.30. The molecule has 2 saturated carbocycles. The van der Waals surface area contributed by atoms with Crippen LogP contribution in [-0.2, 0) is 14.4 Å². The maximum absolute atomic E-state index is 12.4. The third-order valence-electron chi connectivity index (χ3n) is 5.59. The van der Waals surface area contributed by atoms with Gasteiger partial charge in [-0.2, -0.15) is 0 Å². The van der Waals surface area contributed by atoms with E-state index in [1.54, 1.807) is 0 Å². The van der Waals surface area contributed by atoms with E-state index in [2.05, 4.69) is 5.32 Å². The summed E-state index contributed by atoms with van der Waals surface area (Å²) in [7, 11) is 0. The second-order valence-corrected chi connectivity index (χ2v) is 7.00. The number of carbonyl (C=O) groups is 3. The van der Waals surface area contributed by atoms with Crippen LogP contribution >= 0.6 is 0 Å². The number of nitrogens with two attached hydrogens (primary N) is 1. The van der Waals surface area contributed by atoms with Gasteiger partial charge in [-0.25, -0.2) is 0 Å². The third kappa shape index (κ3) is 2.64. The number of nitrogens with one attached hydrogen (secondary N) is 1. The molecule has 6 heteroatoms. The van der Waals surface area contributed by atoms with Crippen molar-refractivity contribution in [3.05, 3.63) is 0 Å². The summed E-state index contributed by atoms with van der Waals surface area (Å²) < 4.78 is 0. The molecule has 1 aliphatic heterocycles. The van der Waals surface area contributed by atoms with E-state index in [9.17, 15) is 14.4 Å². The minimum atomic E-state index is -0.338. The fourth-order valence-electron chi connectivity index (χ4n) is 4.30. The summed E-state index contributed by atoms with van der Waals surface area (Å²) in [5.41, 5.74) is 5.48. The molecular weight excluding hydrogens is 282 g/mol. The first-order valence-electron chi connectivity index (χ1n) is 8.43. The van der Waals surface area contributed by atoms with Crippen LogP contribution in [0.15, 0.2) is 0 Å². The molecule has 1 saturated heterocycles. The normalized spacial score (nSPS) is 30.5. The highest BCUT2D eigenvalue weighted by Crippen LogP contribution is 2.38. The summed E-state index contributed by atoms with van der Waals surface area (Å²) in [4.78, 5) is 38.2. The van der Waals surface area contributed by atoms with Gasteiger partial charge in [0.05, 0.1) is 17.4 Å². The molecule has 0 aromatic carbocycles. The molecule has 3 rings (SSSR count). The van der Waals surface area contributed by atoms with Crippen LogP contribution in [0.2, 0.25) is 0 Å². The molecule has 0 radical (unpaired) electrons. The third-order valence-corrected chi connectivity index (χ3v) is 5.59. The number of imide groups is 1. The number of hydrogen-bond donors (Lipinski definition) is 2. The van der Waals surface area contributed by atoms with Gasteiger partial charge in [0.1, 0.15) is 6.54 Å². The number of fused-ring (bicyclic) bond motifs is 1. The smallest absolute Gasteiger partial charge is 0.240 e. The highest BCUT2D eigenvalue weighted by molar-refractivity contribution is 6.07. The molecule has 0 aromatic rings. The van der Waals surface area contributed by atoms with Crippen molar-refractivity contribution in [2.75, 3.05) is 13.1 Å². The van der Waals surface area contributed by atoms with Gasteiger partial charge < -0.3 is 11.1 Å². The van der Waals surface area contributed by atoms with Crippen LogP contribution in [0.4, 0.5) is 0 Å². The molecule has 22 heavy (non-hydrogen) atoms. The zero-order chi connectivity index (χ0) is 15.7. The summed E-state index contributed by atoms with van der Waals surface area (Å²) in [6.07, 6.45) is 7.42. The van der Waals surface area contributed by atoms with Gasteiger partial charge in [-0.3, -0.25) is 19.3 Å². The van der Waals surface area contributed by atoms with E-state index >= 15 is 0 Å². The average Bonchev–Trinajstić information content (AvgIpc) is 3.08. The molecule has 1 heterocycles. The van der Waals surface area contributed by atoms with E-state index < -0.39 is 0 Å². The quantitative estimate of drug-likeness (QED) is 0.742. The molecule has 2 aliphatic carbocycles. The Morgan fingerprint density at radius 2 is 1.64 bits per heavy atom. The second-order valence-electron chi connectivity index (χ2n) is 7.00. The van der Waals surface area contributed by atoms with Gasteiger partial charge in [-0.1, -0.05) is 25.7 Å². The highest BCUT2D eigenvalue weighted by atomic mass is 16.2. The average molecular weight is 307 g/mol. The molecule has 0 aromatic heterocycles. The highest BCUT2D eigenvalue weighted by Gasteiger charge is 2.48. The molecular formula is C16H25N3O3. The summed E-state index contributed by atoms with van der Waals surface area (Å²) in [6.45, 7) is 0.262. The molecule has 0 spiro atoms. The topological polar surface area (TPSA) is 92.5 Å². The van der Waals surface area contributed by atoms with Gasteiger partial charge in [0, 0.05) is 6.54 Å². The predicted molar refractivity (Wildman–Crippen MR) is 80.6 cm³/mol. The van der Waals surface area contributed by atoms with Crippen molar-refractivity contribution in [1.29, 1.82) is 0 Å². The second kappa shape index (κ2) is 5.99. The largest absolute Gasteiger partial charge is 0.348 e. The molecule has 3 fully saturated rings. The number of carbonyl (C=O) groups excluding carboxylic acids is 3. The number of rotatable bonds is 4. The zero-order valence-electron chi connectivity index (χ0n) is 13.0. The van der Waals surface area contributed by atoms with Crippen LogP contribution in [0, 0.1) is 11.8 Å². The van der Waals surface area contributed by atoms with Crippen molar-refractivity contribution in [2.45, 2.75) is 56.9 Å². The van der Waals surface area contributed by atoms with Crippen LogP contribution in [0.1, 0.15) is 51.4 Å². The number of likely N-dealkylation sites (tertiary alicyclic amines) is 1. The Kier molecular flexibility index (Phi) is 4.21. The molecule has 122 valence electrons.